The first kappa shape index (κ1) is 18.0. The zero-order valence-corrected chi connectivity index (χ0v) is 20.0. The second kappa shape index (κ2) is 6.73. The van der Waals surface area contributed by atoms with E-state index >= 15 is 0 Å². The molecular formula is C31H35N. The van der Waals surface area contributed by atoms with Crippen LogP contribution in [0.2, 0.25) is 0 Å². The van der Waals surface area contributed by atoms with Gasteiger partial charge in [0.15, 0.2) is 0 Å². The third kappa shape index (κ3) is 3.04. The summed E-state index contributed by atoms with van der Waals surface area (Å²) >= 11 is 0. The quantitative estimate of drug-likeness (QED) is 0.405. The van der Waals surface area contributed by atoms with Crippen molar-refractivity contribution in [3.05, 3.63) is 82.9 Å². The Morgan fingerprint density at radius 1 is 0.750 bits per heavy atom. The van der Waals surface area contributed by atoms with E-state index in [1.165, 1.54) is 22.3 Å². The maximum atomic E-state index is 9.26. The molecule has 2 fully saturated rings. The molecule has 3 aromatic carbocycles. The van der Waals surface area contributed by atoms with Gasteiger partial charge in [-0.1, -0.05) is 56.3 Å². The van der Waals surface area contributed by atoms with Crippen molar-refractivity contribution in [2.45, 2.75) is 83.0 Å². The van der Waals surface area contributed by atoms with Crippen LogP contribution >= 0.6 is 0 Å². The Bertz CT molecular complexity index is 1310. The Labute approximate surface area is 196 Å². The second-order valence-corrected chi connectivity index (χ2v) is 11.3. The van der Waals surface area contributed by atoms with E-state index in [0.29, 0.717) is 0 Å². The summed E-state index contributed by atoms with van der Waals surface area (Å²) in [6.07, 6.45) is 3.66. The van der Waals surface area contributed by atoms with Gasteiger partial charge in [0, 0.05) is 25.1 Å². The minimum atomic E-state index is -0.525. The summed E-state index contributed by atoms with van der Waals surface area (Å²) in [6.45, 7) is 11.4. The van der Waals surface area contributed by atoms with Gasteiger partial charge < -0.3 is 4.90 Å². The summed E-state index contributed by atoms with van der Waals surface area (Å²) in [5, 5.41) is 0. The molecule has 0 aromatic heterocycles. The van der Waals surface area contributed by atoms with Crippen LogP contribution in [0.15, 0.2) is 60.7 Å². The van der Waals surface area contributed by atoms with Gasteiger partial charge in [0.25, 0.3) is 0 Å². The average molecular weight is 424 g/mol. The van der Waals surface area contributed by atoms with Gasteiger partial charge in [-0.25, -0.2) is 0 Å². The van der Waals surface area contributed by atoms with E-state index in [2.05, 4.69) is 100 Å². The van der Waals surface area contributed by atoms with Gasteiger partial charge >= 0.3 is 0 Å². The van der Waals surface area contributed by atoms with Crippen LogP contribution in [0.25, 0.3) is 11.1 Å². The predicted molar refractivity (Wildman–Crippen MR) is 136 cm³/mol. The highest BCUT2D eigenvalue weighted by Gasteiger charge is 2.40. The summed E-state index contributed by atoms with van der Waals surface area (Å²) in [6, 6.07) is 22.0. The lowest BCUT2D eigenvalue weighted by Gasteiger charge is -2.41. The zero-order valence-electron chi connectivity index (χ0n) is 22.0. The van der Waals surface area contributed by atoms with E-state index in [1.807, 2.05) is 0 Å². The molecule has 1 heteroatoms. The van der Waals surface area contributed by atoms with Crippen LogP contribution in [-0.2, 0) is 5.41 Å². The van der Waals surface area contributed by atoms with E-state index in [-0.39, 0.29) is 11.0 Å². The molecule has 0 heterocycles. The van der Waals surface area contributed by atoms with Crippen molar-refractivity contribution in [3.63, 3.8) is 0 Å². The first-order valence-electron chi connectivity index (χ1n) is 13.1. The van der Waals surface area contributed by atoms with Crippen molar-refractivity contribution in [2.24, 2.45) is 0 Å². The lowest BCUT2D eigenvalue weighted by Crippen LogP contribution is -2.39. The Kier molecular flexibility index (Phi) is 3.78. The van der Waals surface area contributed by atoms with Crippen LogP contribution in [-0.4, -0.2) is 5.54 Å². The maximum absolute atomic E-state index is 9.26. The molecular weight excluding hydrogens is 386 g/mol. The van der Waals surface area contributed by atoms with Gasteiger partial charge in [-0.05, 0) is 110 Å². The van der Waals surface area contributed by atoms with Crippen molar-refractivity contribution in [3.8, 4) is 11.1 Å². The molecule has 6 rings (SSSR count). The van der Waals surface area contributed by atoms with Crippen molar-refractivity contribution in [1.82, 2.24) is 0 Å². The molecule has 0 radical (unpaired) electrons. The van der Waals surface area contributed by atoms with E-state index in [4.69, 9.17) is 1.37 Å². The van der Waals surface area contributed by atoms with Crippen molar-refractivity contribution in [1.29, 1.82) is 0 Å². The van der Waals surface area contributed by atoms with Crippen LogP contribution in [0, 0.1) is 0 Å². The molecule has 0 N–H and O–H groups in total. The first-order valence-corrected chi connectivity index (χ1v) is 12.1. The van der Waals surface area contributed by atoms with Crippen LogP contribution in [0.1, 0.15) is 97.1 Å². The van der Waals surface area contributed by atoms with Gasteiger partial charge in [0.05, 0.1) is 0 Å². The molecule has 0 saturated heterocycles. The van der Waals surface area contributed by atoms with Crippen LogP contribution in [0.4, 0.5) is 11.4 Å². The highest BCUT2D eigenvalue weighted by molar-refractivity contribution is 5.86. The number of anilines is 2. The van der Waals surface area contributed by atoms with Gasteiger partial charge in [0.1, 0.15) is 0 Å². The van der Waals surface area contributed by atoms with Crippen LogP contribution < -0.4 is 4.90 Å². The molecule has 2 saturated carbocycles. The lowest BCUT2D eigenvalue weighted by molar-refractivity contribution is 0.556. The van der Waals surface area contributed by atoms with Crippen molar-refractivity contribution < 1.29 is 2.74 Å². The van der Waals surface area contributed by atoms with Crippen molar-refractivity contribution in [2.75, 3.05) is 4.90 Å². The SMILES string of the molecule is [2H]C1(c2ccccc2N(c2cc3c(cc2C2([2H])CC2)-c2ccccc2C3(C)C)C(C)(C)C)CC1. The number of para-hydroxylation sites is 1. The number of nitrogens with zero attached hydrogens (tertiary/aromatic N) is 1. The summed E-state index contributed by atoms with van der Waals surface area (Å²) < 4.78 is 18.2. The number of benzene rings is 3. The fourth-order valence-electron chi connectivity index (χ4n) is 5.69. The number of hydrogen-bond acceptors (Lipinski definition) is 1. The normalized spacial score (nSPS) is 21.8. The minimum absolute atomic E-state index is 0.0891. The fourth-order valence-corrected chi connectivity index (χ4v) is 5.69. The fraction of sp³-hybridized carbons (Fsp3) is 0.419. The van der Waals surface area contributed by atoms with E-state index < -0.39 is 11.8 Å². The molecule has 0 unspecified atom stereocenters. The van der Waals surface area contributed by atoms with Gasteiger partial charge in [-0.2, -0.15) is 0 Å². The average Bonchev–Trinajstić information content (AvgIpc) is 3.70. The molecule has 1 nitrogen and oxygen atoms in total. The monoisotopic (exact) mass is 423 g/mol. The highest BCUT2D eigenvalue weighted by atomic mass is 15.2. The van der Waals surface area contributed by atoms with Gasteiger partial charge in [-0.3, -0.25) is 0 Å². The summed E-state index contributed by atoms with van der Waals surface area (Å²) in [4.78, 5) is 2.44. The summed E-state index contributed by atoms with van der Waals surface area (Å²) in [5.74, 6) is -1.01. The van der Waals surface area contributed by atoms with Crippen molar-refractivity contribution >= 4 is 11.4 Å². The second-order valence-electron chi connectivity index (χ2n) is 11.3. The third-order valence-corrected chi connectivity index (χ3v) is 7.52. The van der Waals surface area contributed by atoms with E-state index in [1.54, 1.807) is 0 Å². The molecule has 0 bridgehead atoms. The third-order valence-electron chi connectivity index (χ3n) is 7.52. The number of hydrogen-bond donors (Lipinski definition) is 0. The Hall–Kier alpha value is -2.54. The molecule has 0 aliphatic heterocycles. The molecule has 3 aliphatic carbocycles. The summed E-state index contributed by atoms with van der Waals surface area (Å²) in [5.41, 5.74) is 9.55. The first-order chi connectivity index (χ1) is 16.0. The van der Waals surface area contributed by atoms with Gasteiger partial charge in [-0.15, -0.1) is 0 Å². The predicted octanol–water partition coefficient (Wildman–Crippen LogP) is 8.68. The largest absolute Gasteiger partial charge is 0.336 e. The number of fused-ring (bicyclic) bond motifs is 3. The maximum Gasteiger partial charge on any atom is 0.0454 e. The Morgan fingerprint density at radius 3 is 2.06 bits per heavy atom. The van der Waals surface area contributed by atoms with Crippen LogP contribution in [0.3, 0.4) is 0 Å². The minimum Gasteiger partial charge on any atom is -0.336 e. The molecule has 3 aromatic rings. The molecule has 164 valence electrons. The smallest absolute Gasteiger partial charge is 0.0454 e. The molecule has 3 aliphatic rings. The van der Waals surface area contributed by atoms with Crippen LogP contribution in [0.5, 0.6) is 0 Å². The molecule has 32 heavy (non-hydrogen) atoms. The number of rotatable bonds is 4. The highest BCUT2D eigenvalue weighted by Crippen LogP contribution is 2.56. The topological polar surface area (TPSA) is 3.24 Å². The Morgan fingerprint density at radius 2 is 1.38 bits per heavy atom. The van der Waals surface area contributed by atoms with E-state index in [9.17, 15) is 1.37 Å². The Balaban J connectivity index is 1.64. The lowest BCUT2D eigenvalue weighted by atomic mass is 9.81. The molecule has 0 atom stereocenters. The molecule has 0 amide bonds. The zero-order chi connectivity index (χ0) is 24.1. The van der Waals surface area contributed by atoms with E-state index in [0.717, 1.165) is 48.2 Å². The molecule has 0 spiro atoms. The standard InChI is InChI=1S/C31H35N/c1-30(2,3)32(28-13-9-7-10-22(28)20-14-15-20)29-19-27-25(18-24(29)21-16-17-21)23-11-6-8-12-26(23)31(27,4)5/h6-13,18-21H,14-17H2,1-5H3/i20D,21D. The summed E-state index contributed by atoms with van der Waals surface area (Å²) in [7, 11) is 0. The van der Waals surface area contributed by atoms with Gasteiger partial charge in [0.2, 0.25) is 0 Å².